The molecule has 0 N–H and O–H groups in total. The molecule has 0 spiro atoms. The van der Waals surface area contributed by atoms with Gasteiger partial charge < -0.3 is 4.42 Å². The van der Waals surface area contributed by atoms with Gasteiger partial charge >= 0.3 is 5.63 Å². The van der Waals surface area contributed by atoms with Gasteiger partial charge in [0.15, 0.2) is 11.6 Å². The first kappa shape index (κ1) is 18.3. The van der Waals surface area contributed by atoms with Crippen LogP contribution in [0.1, 0.15) is 58.5 Å². The van der Waals surface area contributed by atoms with Crippen LogP contribution in [0.4, 0.5) is 0 Å². The number of fused-ring (bicyclic) bond motifs is 1. The number of rotatable bonds is 4. The molecule has 0 radical (unpaired) electrons. The Balaban J connectivity index is 2.29. The molecule has 1 aromatic heterocycles. The Morgan fingerprint density at radius 2 is 1.65 bits per heavy atom. The smallest absolute Gasteiger partial charge is 0.347 e. The summed E-state index contributed by atoms with van der Waals surface area (Å²) in [5.41, 5.74) is 0.869. The zero-order chi connectivity index (χ0) is 19.0. The molecule has 0 atom stereocenters. The number of hydrogen-bond donors (Lipinski definition) is 0. The van der Waals surface area contributed by atoms with Crippen molar-refractivity contribution in [2.45, 2.75) is 26.7 Å². The Kier molecular flexibility index (Phi) is 4.92. The fraction of sp³-hybridized carbons (Fsp3) is 0.190. The predicted molar refractivity (Wildman–Crippen MR) is 104 cm³/mol. The standard InChI is InChI=1S/C21H17BrO4/c1-11(2)13-4-6-14(7-5-13)20(24)19-16-10-15(22)8-9-17(16)26-21(25)18(19)12(3)23/h4-11H,1-3H3. The molecule has 3 rings (SSSR count). The molecule has 2 aromatic carbocycles. The summed E-state index contributed by atoms with van der Waals surface area (Å²) in [6.45, 7) is 5.39. The van der Waals surface area contributed by atoms with Gasteiger partial charge in [0.1, 0.15) is 11.1 Å². The average Bonchev–Trinajstić information content (AvgIpc) is 2.60. The number of carbonyl (C=O) groups excluding carboxylic acids is 2. The molecule has 132 valence electrons. The van der Waals surface area contributed by atoms with E-state index in [9.17, 15) is 14.4 Å². The number of carbonyl (C=O) groups is 2. The first-order valence-corrected chi connectivity index (χ1v) is 9.01. The summed E-state index contributed by atoms with van der Waals surface area (Å²) >= 11 is 3.36. The van der Waals surface area contributed by atoms with Crippen LogP contribution < -0.4 is 5.63 Å². The highest BCUT2D eigenvalue weighted by Crippen LogP contribution is 2.27. The van der Waals surface area contributed by atoms with Crippen molar-refractivity contribution in [1.29, 1.82) is 0 Å². The quantitative estimate of drug-likeness (QED) is 0.440. The fourth-order valence-corrected chi connectivity index (χ4v) is 3.25. The zero-order valence-corrected chi connectivity index (χ0v) is 16.2. The summed E-state index contributed by atoms with van der Waals surface area (Å²) in [5.74, 6) is -0.531. The zero-order valence-electron chi connectivity index (χ0n) is 14.6. The molecule has 4 nitrogen and oxygen atoms in total. The lowest BCUT2D eigenvalue weighted by Crippen LogP contribution is -2.19. The lowest BCUT2D eigenvalue weighted by Gasteiger charge is -2.11. The third-order valence-electron chi connectivity index (χ3n) is 4.29. The largest absolute Gasteiger partial charge is 0.422 e. The van der Waals surface area contributed by atoms with E-state index in [0.717, 1.165) is 10.0 Å². The highest BCUT2D eigenvalue weighted by molar-refractivity contribution is 9.10. The maximum absolute atomic E-state index is 13.2. The normalized spacial score (nSPS) is 11.1. The third kappa shape index (κ3) is 3.27. The van der Waals surface area contributed by atoms with Crippen LogP contribution in [0, 0.1) is 0 Å². The lowest BCUT2D eigenvalue weighted by molar-refractivity contribution is 0.0987. The molecule has 0 fully saturated rings. The molecule has 1 heterocycles. The number of ketones is 2. The van der Waals surface area contributed by atoms with Gasteiger partial charge in [0.2, 0.25) is 0 Å². The van der Waals surface area contributed by atoms with Crippen LogP contribution in [0.5, 0.6) is 0 Å². The summed E-state index contributed by atoms with van der Waals surface area (Å²) in [4.78, 5) is 37.6. The van der Waals surface area contributed by atoms with Crippen molar-refractivity contribution in [2.24, 2.45) is 0 Å². The van der Waals surface area contributed by atoms with Crippen molar-refractivity contribution in [3.8, 4) is 0 Å². The second kappa shape index (κ2) is 7.00. The van der Waals surface area contributed by atoms with E-state index in [-0.39, 0.29) is 22.5 Å². The molecule has 0 unspecified atom stereocenters. The van der Waals surface area contributed by atoms with E-state index >= 15 is 0 Å². The highest BCUT2D eigenvalue weighted by Gasteiger charge is 2.24. The van der Waals surface area contributed by atoms with Gasteiger partial charge in [-0.3, -0.25) is 9.59 Å². The van der Waals surface area contributed by atoms with Crippen LogP contribution in [-0.4, -0.2) is 11.6 Å². The van der Waals surface area contributed by atoms with E-state index in [1.165, 1.54) is 6.92 Å². The van der Waals surface area contributed by atoms with Crippen molar-refractivity contribution in [1.82, 2.24) is 0 Å². The molecular formula is C21H17BrO4. The van der Waals surface area contributed by atoms with Crippen LogP contribution in [-0.2, 0) is 0 Å². The second-order valence-corrected chi connectivity index (χ2v) is 7.36. The first-order chi connectivity index (χ1) is 12.3. The van der Waals surface area contributed by atoms with Crippen molar-refractivity contribution in [2.75, 3.05) is 0 Å². The Morgan fingerprint density at radius 3 is 2.23 bits per heavy atom. The van der Waals surface area contributed by atoms with Crippen LogP contribution in [0.3, 0.4) is 0 Å². The summed E-state index contributed by atoms with van der Waals surface area (Å²) < 4.78 is 5.96. The number of hydrogen-bond acceptors (Lipinski definition) is 4. The minimum atomic E-state index is -0.797. The lowest BCUT2D eigenvalue weighted by atomic mass is 9.93. The Hall–Kier alpha value is -2.53. The van der Waals surface area contributed by atoms with Crippen molar-refractivity contribution in [3.63, 3.8) is 0 Å². The van der Waals surface area contributed by atoms with Gasteiger partial charge in [-0.15, -0.1) is 0 Å². The topological polar surface area (TPSA) is 64.3 Å². The minimum Gasteiger partial charge on any atom is -0.422 e. The second-order valence-electron chi connectivity index (χ2n) is 6.44. The van der Waals surface area contributed by atoms with E-state index in [2.05, 4.69) is 29.8 Å². The maximum atomic E-state index is 13.2. The van der Waals surface area contributed by atoms with E-state index < -0.39 is 11.4 Å². The minimum absolute atomic E-state index is 0.0855. The van der Waals surface area contributed by atoms with Crippen LogP contribution in [0.15, 0.2) is 56.1 Å². The van der Waals surface area contributed by atoms with Gasteiger partial charge in [0.05, 0.1) is 5.56 Å². The Bertz CT molecular complexity index is 1080. The van der Waals surface area contributed by atoms with Crippen LogP contribution in [0.2, 0.25) is 0 Å². The van der Waals surface area contributed by atoms with Crippen LogP contribution >= 0.6 is 15.9 Å². The molecule has 0 aliphatic rings. The van der Waals surface area contributed by atoms with Crippen molar-refractivity contribution in [3.05, 3.63) is 79.6 Å². The summed E-state index contributed by atoms with van der Waals surface area (Å²) in [6.07, 6.45) is 0. The number of benzene rings is 2. The molecular weight excluding hydrogens is 396 g/mol. The molecule has 0 aliphatic heterocycles. The van der Waals surface area contributed by atoms with Gasteiger partial charge in [-0.25, -0.2) is 4.79 Å². The van der Waals surface area contributed by atoms with Crippen molar-refractivity contribution < 1.29 is 14.0 Å². The SMILES string of the molecule is CC(=O)c1c(C(=O)c2ccc(C(C)C)cc2)c2cc(Br)ccc2oc1=O. The summed E-state index contributed by atoms with van der Waals surface area (Å²) in [6, 6.07) is 12.2. The molecule has 3 aromatic rings. The monoisotopic (exact) mass is 412 g/mol. The number of halogens is 1. The van der Waals surface area contributed by atoms with E-state index in [4.69, 9.17) is 4.42 Å². The number of Topliss-reactive ketones (excluding diaryl/α,β-unsaturated/α-hetero) is 1. The summed E-state index contributed by atoms with van der Waals surface area (Å²) in [7, 11) is 0. The third-order valence-corrected chi connectivity index (χ3v) is 4.78. The maximum Gasteiger partial charge on any atom is 0.347 e. The molecule has 0 bridgehead atoms. The van der Waals surface area contributed by atoms with Gasteiger partial charge in [-0.1, -0.05) is 54.0 Å². The predicted octanol–water partition coefficient (Wildman–Crippen LogP) is 5.11. The van der Waals surface area contributed by atoms with Crippen LogP contribution in [0.25, 0.3) is 11.0 Å². The molecule has 0 amide bonds. The van der Waals surface area contributed by atoms with Crippen molar-refractivity contribution >= 4 is 38.5 Å². The molecule has 0 aliphatic carbocycles. The highest BCUT2D eigenvalue weighted by atomic mass is 79.9. The average molecular weight is 413 g/mol. The molecule has 0 saturated carbocycles. The summed E-state index contributed by atoms with van der Waals surface area (Å²) in [5, 5.41) is 0.433. The molecule has 0 saturated heterocycles. The van der Waals surface area contributed by atoms with Gasteiger partial charge in [-0.05, 0) is 36.6 Å². The van der Waals surface area contributed by atoms with Gasteiger partial charge in [-0.2, -0.15) is 0 Å². The van der Waals surface area contributed by atoms with E-state index in [0.29, 0.717) is 16.9 Å². The molecule has 5 heteroatoms. The Labute approximate surface area is 159 Å². The van der Waals surface area contributed by atoms with E-state index in [1.54, 1.807) is 30.3 Å². The Morgan fingerprint density at radius 1 is 1.00 bits per heavy atom. The molecule has 26 heavy (non-hydrogen) atoms. The first-order valence-electron chi connectivity index (χ1n) is 8.21. The van der Waals surface area contributed by atoms with Gasteiger partial charge in [0.25, 0.3) is 0 Å². The van der Waals surface area contributed by atoms with Gasteiger partial charge in [0, 0.05) is 15.4 Å². The fourth-order valence-electron chi connectivity index (χ4n) is 2.89. The van der Waals surface area contributed by atoms with E-state index in [1.807, 2.05) is 12.1 Å².